The molecule has 0 aromatic heterocycles. The normalized spacial score (nSPS) is 21.2. The van der Waals surface area contributed by atoms with Gasteiger partial charge in [-0.15, -0.1) is 0 Å². The molecule has 1 rings (SSSR count). The van der Waals surface area contributed by atoms with Crippen molar-refractivity contribution in [2.24, 2.45) is 17.1 Å². The lowest BCUT2D eigenvalue weighted by atomic mass is 10.0. The zero-order chi connectivity index (χ0) is 12.2. The minimum absolute atomic E-state index is 0.126. The van der Waals surface area contributed by atoms with Crippen molar-refractivity contribution < 1.29 is 4.79 Å². The fourth-order valence-electron chi connectivity index (χ4n) is 1.74. The average Bonchev–Trinajstić information content (AvgIpc) is 2.93. The van der Waals surface area contributed by atoms with Gasteiger partial charge >= 0.3 is 0 Å². The van der Waals surface area contributed by atoms with Gasteiger partial charge in [-0.2, -0.15) is 0 Å². The number of hydrogen-bond acceptors (Lipinski definition) is 2. The van der Waals surface area contributed by atoms with Gasteiger partial charge < -0.3 is 11.1 Å². The Morgan fingerprint density at radius 3 is 2.50 bits per heavy atom. The van der Waals surface area contributed by atoms with E-state index in [0.29, 0.717) is 5.41 Å². The van der Waals surface area contributed by atoms with E-state index in [9.17, 15) is 4.79 Å². The quantitative estimate of drug-likeness (QED) is 0.698. The first-order valence-electron chi connectivity index (χ1n) is 6.46. The maximum absolute atomic E-state index is 11.8. The Morgan fingerprint density at radius 2 is 2.00 bits per heavy atom. The summed E-state index contributed by atoms with van der Waals surface area (Å²) in [7, 11) is 0. The molecule has 0 radical (unpaired) electrons. The molecule has 16 heavy (non-hydrogen) atoms. The van der Waals surface area contributed by atoms with Crippen LogP contribution in [0.15, 0.2) is 0 Å². The highest BCUT2D eigenvalue weighted by molar-refractivity contribution is 5.78. The van der Waals surface area contributed by atoms with Gasteiger partial charge in [0.15, 0.2) is 0 Å². The molecule has 0 heterocycles. The van der Waals surface area contributed by atoms with Crippen LogP contribution in [-0.4, -0.2) is 18.5 Å². The molecule has 1 aliphatic rings. The van der Waals surface area contributed by atoms with Crippen LogP contribution in [0.2, 0.25) is 0 Å². The Bertz CT molecular complexity index is 234. The highest BCUT2D eigenvalue weighted by Gasteiger charge is 2.37. The van der Waals surface area contributed by atoms with Crippen LogP contribution >= 0.6 is 0 Å². The predicted octanol–water partition coefficient (Wildman–Crippen LogP) is 2.06. The second kappa shape index (κ2) is 5.67. The third kappa shape index (κ3) is 4.97. The van der Waals surface area contributed by atoms with Gasteiger partial charge in [-0.25, -0.2) is 0 Å². The number of carbonyl (C=O) groups is 1. The van der Waals surface area contributed by atoms with Gasteiger partial charge in [0.25, 0.3) is 0 Å². The maximum atomic E-state index is 11.8. The summed E-state index contributed by atoms with van der Waals surface area (Å²) in [4.78, 5) is 11.8. The Labute approximate surface area is 99.2 Å². The minimum Gasteiger partial charge on any atom is -0.355 e. The van der Waals surface area contributed by atoms with Crippen molar-refractivity contribution in [2.45, 2.75) is 58.9 Å². The van der Waals surface area contributed by atoms with E-state index in [1.165, 1.54) is 12.8 Å². The van der Waals surface area contributed by atoms with Crippen LogP contribution in [0.1, 0.15) is 52.9 Å². The number of nitrogens with one attached hydrogen (secondary N) is 1. The van der Waals surface area contributed by atoms with E-state index < -0.39 is 0 Å². The summed E-state index contributed by atoms with van der Waals surface area (Å²) in [6, 6.07) is 0.251. The summed E-state index contributed by atoms with van der Waals surface area (Å²) in [5.41, 5.74) is 6.08. The molecule has 1 aliphatic carbocycles. The van der Waals surface area contributed by atoms with Crippen LogP contribution in [0, 0.1) is 11.3 Å². The lowest BCUT2D eigenvalue weighted by Crippen LogP contribution is -2.33. The molecular weight excluding hydrogens is 200 g/mol. The zero-order valence-electron chi connectivity index (χ0n) is 10.9. The van der Waals surface area contributed by atoms with E-state index in [1.54, 1.807) is 0 Å². The summed E-state index contributed by atoms with van der Waals surface area (Å²) >= 11 is 0. The second-order valence-electron chi connectivity index (χ2n) is 5.84. The number of carbonyl (C=O) groups excluding carboxylic acids is 1. The summed E-state index contributed by atoms with van der Waals surface area (Å²) in [6.45, 7) is 7.10. The van der Waals surface area contributed by atoms with Crippen molar-refractivity contribution in [2.75, 3.05) is 6.54 Å². The van der Waals surface area contributed by atoms with Crippen LogP contribution in [-0.2, 0) is 4.79 Å². The molecule has 3 heteroatoms. The predicted molar refractivity (Wildman–Crippen MR) is 67.0 cm³/mol. The Kier molecular flexibility index (Phi) is 4.78. The topological polar surface area (TPSA) is 55.1 Å². The molecule has 0 bridgehead atoms. The standard InChI is InChI=1S/C13H26N2O/c1-10(5-4-6-11(2)14)12(16)15-9-13(3)7-8-13/h10-11H,4-9,14H2,1-3H3,(H,15,16). The lowest BCUT2D eigenvalue weighted by molar-refractivity contribution is -0.124. The molecule has 0 spiro atoms. The molecule has 0 aromatic rings. The van der Waals surface area contributed by atoms with Gasteiger partial charge in [0.2, 0.25) is 5.91 Å². The molecule has 0 aliphatic heterocycles. The summed E-state index contributed by atoms with van der Waals surface area (Å²) in [6.07, 6.45) is 5.52. The van der Waals surface area contributed by atoms with E-state index in [4.69, 9.17) is 5.73 Å². The van der Waals surface area contributed by atoms with Crippen molar-refractivity contribution in [1.29, 1.82) is 0 Å². The molecule has 0 saturated heterocycles. The van der Waals surface area contributed by atoms with Crippen molar-refractivity contribution in [3.05, 3.63) is 0 Å². The first-order valence-corrected chi connectivity index (χ1v) is 6.46. The van der Waals surface area contributed by atoms with E-state index >= 15 is 0 Å². The Balaban J connectivity index is 2.10. The van der Waals surface area contributed by atoms with Gasteiger partial charge in [0.05, 0.1) is 0 Å². The first-order chi connectivity index (χ1) is 7.43. The number of amides is 1. The van der Waals surface area contributed by atoms with E-state index in [2.05, 4.69) is 12.2 Å². The summed E-state index contributed by atoms with van der Waals surface area (Å²) in [5, 5.41) is 3.05. The SMILES string of the molecule is CC(N)CCCC(C)C(=O)NCC1(C)CC1. The van der Waals surface area contributed by atoms with E-state index in [0.717, 1.165) is 25.8 Å². The van der Waals surface area contributed by atoms with Crippen LogP contribution in [0.5, 0.6) is 0 Å². The van der Waals surface area contributed by atoms with Gasteiger partial charge in [-0.3, -0.25) is 4.79 Å². The Morgan fingerprint density at radius 1 is 1.38 bits per heavy atom. The summed E-state index contributed by atoms with van der Waals surface area (Å²) in [5.74, 6) is 0.332. The molecule has 2 atom stereocenters. The van der Waals surface area contributed by atoms with E-state index in [1.807, 2.05) is 13.8 Å². The monoisotopic (exact) mass is 226 g/mol. The van der Waals surface area contributed by atoms with Gasteiger partial charge in [0, 0.05) is 18.5 Å². The molecule has 0 aromatic carbocycles. The molecule has 3 nitrogen and oxygen atoms in total. The van der Waals surface area contributed by atoms with Crippen molar-refractivity contribution in [3.8, 4) is 0 Å². The minimum atomic E-state index is 0.126. The smallest absolute Gasteiger partial charge is 0.222 e. The highest BCUT2D eigenvalue weighted by atomic mass is 16.1. The number of hydrogen-bond donors (Lipinski definition) is 2. The fraction of sp³-hybridized carbons (Fsp3) is 0.923. The molecule has 1 saturated carbocycles. The maximum Gasteiger partial charge on any atom is 0.222 e. The molecule has 2 unspecified atom stereocenters. The third-order valence-electron chi connectivity index (χ3n) is 3.54. The van der Waals surface area contributed by atoms with Crippen molar-refractivity contribution in [3.63, 3.8) is 0 Å². The molecule has 1 fully saturated rings. The van der Waals surface area contributed by atoms with Crippen LogP contribution in [0.3, 0.4) is 0 Å². The van der Waals surface area contributed by atoms with Crippen LogP contribution in [0.4, 0.5) is 0 Å². The lowest BCUT2D eigenvalue weighted by Gasteiger charge is -2.15. The second-order valence-corrected chi connectivity index (χ2v) is 5.84. The van der Waals surface area contributed by atoms with Crippen molar-refractivity contribution in [1.82, 2.24) is 5.32 Å². The Hall–Kier alpha value is -0.570. The highest BCUT2D eigenvalue weighted by Crippen LogP contribution is 2.44. The van der Waals surface area contributed by atoms with Crippen LogP contribution < -0.4 is 11.1 Å². The largest absolute Gasteiger partial charge is 0.355 e. The number of rotatable bonds is 7. The van der Waals surface area contributed by atoms with Crippen LogP contribution in [0.25, 0.3) is 0 Å². The fourth-order valence-corrected chi connectivity index (χ4v) is 1.74. The number of nitrogens with two attached hydrogens (primary N) is 1. The third-order valence-corrected chi connectivity index (χ3v) is 3.54. The molecular formula is C13H26N2O. The average molecular weight is 226 g/mol. The summed E-state index contributed by atoms with van der Waals surface area (Å²) < 4.78 is 0. The van der Waals surface area contributed by atoms with Crippen molar-refractivity contribution >= 4 is 5.91 Å². The van der Waals surface area contributed by atoms with Gasteiger partial charge in [-0.05, 0) is 38.0 Å². The zero-order valence-corrected chi connectivity index (χ0v) is 10.9. The molecule has 1 amide bonds. The molecule has 3 N–H and O–H groups in total. The van der Waals surface area contributed by atoms with Gasteiger partial charge in [0.1, 0.15) is 0 Å². The van der Waals surface area contributed by atoms with Gasteiger partial charge in [-0.1, -0.05) is 20.3 Å². The molecule has 94 valence electrons. The van der Waals surface area contributed by atoms with E-state index in [-0.39, 0.29) is 17.9 Å². The first kappa shape index (κ1) is 13.5.